The molecule has 0 saturated carbocycles. The van der Waals surface area contributed by atoms with Gasteiger partial charge in [0, 0.05) is 38.9 Å². The number of hydrogen-bond acceptors (Lipinski definition) is 5. The molecule has 1 aromatic carbocycles. The van der Waals surface area contributed by atoms with Gasteiger partial charge in [-0.15, -0.1) is 0 Å². The van der Waals surface area contributed by atoms with E-state index in [2.05, 4.69) is 9.88 Å². The highest BCUT2D eigenvalue weighted by Crippen LogP contribution is 2.18. The molecule has 146 valence electrons. The van der Waals surface area contributed by atoms with Gasteiger partial charge in [-0.3, -0.25) is 9.59 Å². The van der Waals surface area contributed by atoms with Crippen molar-refractivity contribution in [3.63, 3.8) is 0 Å². The van der Waals surface area contributed by atoms with Crippen LogP contribution < -0.4 is 4.90 Å². The summed E-state index contributed by atoms with van der Waals surface area (Å²) in [5, 5.41) is 0. The average molecular weight is 380 g/mol. The highest BCUT2D eigenvalue weighted by atomic mass is 16.5. The van der Waals surface area contributed by atoms with Crippen molar-refractivity contribution in [3.8, 4) is 0 Å². The summed E-state index contributed by atoms with van der Waals surface area (Å²) in [5.41, 5.74) is 1.01. The van der Waals surface area contributed by atoms with Crippen LogP contribution in [0.25, 0.3) is 0 Å². The molecule has 0 bridgehead atoms. The Morgan fingerprint density at radius 3 is 2.50 bits per heavy atom. The minimum atomic E-state index is -0.567. The Bertz CT molecular complexity index is 807. The van der Waals surface area contributed by atoms with E-state index in [-0.39, 0.29) is 25.0 Å². The molecule has 28 heavy (non-hydrogen) atoms. The number of piperazine rings is 1. The smallest absolute Gasteiger partial charge is 0.249 e. The lowest BCUT2D eigenvalue weighted by molar-refractivity contribution is -0.160. The Morgan fingerprint density at radius 2 is 1.79 bits per heavy atom. The number of morpholine rings is 1. The van der Waals surface area contributed by atoms with Crippen molar-refractivity contribution in [2.24, 2.45) is 0 Å². The van der Waals surface area contributed by atoms with Crippen LogP contribution in [-0.2, 0) is 20.9 Å². The number of rotatable bonds is 4. The monoisotopic (exact) mass is 380 g/mol. The van der Waals surface area contributed by atoms with Gasteiger partial charge in [-0.1, -0.05) is 36.4 Å². The Labute approximate surface area is 164 Å². The number of pyridine rings is 1. The summed E-state index contributed by atoms with van der Waals surface area (Å²) in [6, 6.07) is 15.0. The van der Waals surface area contributed by atoms with Gasteiger partial charge in [0.1, 0.15) is 18.5 Å². The largest absolute Gasteiger partial charge is 0.369 e. The van der Waals surface area contributed by atoms with Crippen LogP contribution in [0.3, 0.4) is 0 Å². The quantitative estimate of drug-likeness (QED) is 0.796. The molecule has 0 N–H and O–H groups in total. The third-order valence-electron chi connectivity index (χ3n) is 5.24. The summed E-state index contributed by atoms with van der Waals surface area (Å²) in [5.74, 6) is 0.752. The van der Waals surface area contributed by atoms with Gasteiger partial charge in [0.2, 0.25) is 11.8 Å². The van der Waals surface area contributed by atoms with E-state index < -0.39 is 6.04 Å². The Kier molecular flexibility index (Phi) is 5.53. The van der Waals surface area contributed by atoms with E-state index in [9.17, 15) is 9.59 Å². The van der Waals surface area contributed by atoms with E-state index in [1.54, 1.807) is 11.1 Å². The Hall–Kier alpha value is -2.93. The molecular formula is C21H24N4O3. The molecular weight excluding hydrogens is 356 g/mol. The van der Waals surface area contributed by atoms with Gasteiger partial charge in [0.15, 0.2) is 0 Å². The van der Waals surface area contributed by atoms with Crippen LogP contribution in [0, 0.1) is 0 Å². The zero-order valence-electron chi connectivity index (χ0n) is 15.7. The standard InChI is InChI=1S/C21H24N4O3/c26-20-16-28-15-18(25(20)14-17-6-2-1-3-7-17)21(27)24-12-10-23(11-13-24)19-8-4-5-9-22-19/h1-9,18H,10-16H2/t18-/m0/s1. The zero-order valence-corrected chi connectivity index (χ0v) is 15.7. The van der Waals surface area contributed by atoms with Crippen molar-refractivity contribution >= 4 is 17.6 Å². The molecule has 2 aliphatic heterocycles. The lowest BCUT2D eigenvalue weighted by atomic mass is 10.1. The second-order valence-corrected chi connectivity index (χ2v) is 7.04. The maximum atomic E-state index is 13.2. The van der Waals surface area contributed by atoms with Gasteiger partial charge in [0.05, 0.1) is 6.61 Å². The first kappa shape index (κ1) is 18.4. The highest BCUT2D eigenvalue weighted by molar-refractivity contribution is 5.89. The zero-order chi connectivity index (χ0) is 19.3. The molecule has 0 unspecified atom stereocenters. The number of ether oxygens (including phenoxy) is 1. The van der Waals surface area contributed by atoms with E-state index in [1.807, 2.05) is 53.4 Å². The molecule has 4 rings (SSSR count). The van der Waals surface area contributed by atoms with Crippen LogP contribution in [0.1, 0.15) is 5.56 Å². The second-order valence-electron chi connectivity index (χ2n) is 7.04. The van der Waals surface area contributed by atoms with Crippen LogP contribution in [-0.4, -0.2) is 72.0 Å². The van der Waals surface area contributed by atoms with Crippen LogP contribution >= 0.6 is 0 Å². The molecule has 2 saturated heterocycles. The maximum Gasteiger partial charge on any atom is 0.249 e. The maximum absolute atomic E-state index is 13.2. The topological polar surface area (TPSA) is 66.0 Å². The molecule has 1 aromatic heterocycles. The van der Waals surface area contributed by atoms with Crippen molar-refractivity contribution < 1.29 is 14.3 Å². The molecule has 0 radical (unpaired) electrons. The third-order valence-corrected chi connectivity index (χ3v) is 5.24. The molecule has 1 atom stereocenters. The van der Waals surface area contributed by atoms with Crippen molar-refractivity contribution in [2.75, 3.05) is 44.3 Å². The summed E-state index contributed by atoms with van der Waals surface area (Å²) in [7, 11) is 0. The highest BCUT2D eigenvalue weighted by Gasteiger charge is 2.37. The summed E-state index contributed by atoms with van der Waals surface area (Å²) in [4.78, 5) is 35.7. The number of amides is 2. The SMILES string of the molecule is O=C([C@@H]1COCC(=O)N1Cc1ccccc1)N1CCN(c2ccccn2)CC1. The van der Waals surface area contributed by atoms with Gasteiger partial charge < -0.3 is 19.4 Å². The number of carbonyl (C=O) groups is 2. The predicted molar refractivity (Wildman–Crippen MR) is 105 cm³/mol. The first-order chi connectivity index (χ1) is 13.7. The lowest BCUT2D eigenvalue weighted by Gasteiger charge is -2.40. The summed E-state index contributed by atoms with van der Waals surface area (Å²) < 4.78 is 5.41. The fourth-order valence-corrected chi connectivity index (χ4v) is 3.70. The fraction of sp³-hybridized carbons (Fsp3) is 0.381. The van der Waals surface area contributed by atoms with E-state index in [0.717, 1.165) is 24.5 Å². The molecule has 3 heterocycles. The first-order valence-electron chi connectivity index (χ1n) is 9.58. The summed E-state index contributed by atoms with van der Waals surface area (Å²) >= 11 is 0. The normalized spacial score (nSPS) is 20.4. The second kappa shape index (κ2) is 8.39. The number of aromatic nitrogens is 1. The number of hydrogen-bond donors (Lipinski definition) is 0. The molecule has 7 heteroatoms. The number of carbonyl (C=O) groups excluding carboxylic acids is 2. The Morgan fingerprint density at radius 1 is 1.04 bits per heavy atom. The van der Waals surface area contributed by atoms with Crippen molar-refractivity contribution in [1.29, 1.82) is 0 Å². The third kappa shape index (κ3) is 3.99. The predicted octanol–water partition coefficient (Wildman–Crippen LogP) is 1.16. The fourth-order valence-electron chi connectivity index (χ4n) is 3.70. The summed E-state index contributed by atoms with van der Waals surface area (Å²) in [6.45, 7) is 3.37. The van der Waals surface area contributed by atoms with Crippen molar-refractivity contribution in [1.82, 2.24) is 14.8 Å². The summed E-state index contributed by atoms with van der Waals surface area (Å²) in [6.07, 6.45) is 1.78. The van der Waals surface area contributed by atoms with Gasteiger partial charge in [0.25, 0.3) is 0 Å². The number of benzene rings is 1. The molecule has 0 aliphatic carbocycles. The molecule has 0 spiro atoms. The van der Waals surface area contributed by atoms with E-state index in [0.29, 0.717) is 19.6 Å². The van der Waals surface area contributed by atoms with E-state index in [4.69, 9.17) is 4.74 Å². The van der Waals surface area contributed by atoms with Crippen LogP contribution in [0.15, 0.2) is 54.7 Å². The molecule has 2 amide bonds. The minimum absolute atomic E-state index is 0.0318. The van der Waals surface area contributed by atoms with Gasteiger partial charge in [-0.2, -0.15) is 0 Å². The first-order valence-corrected chi connectivity index (χ1v) is 9.58. The minimum Gasteiger partial charge on any atom is -0.369 e. The van der Waals surface area contributed by atoms with Crippen LogP contribution in [0.2, 0.25) is 0 Å². The van der Waals surface area contributed by atoms with Gasteiger partial charge in [-0.25, -0.2) is 4.98 Å². The van der Waals surface area contributed by atoms with E-state index >= 15 is 0 Å². The number of nitrogens with zero attached hydrogens (tertiary/aromatic N) is 4. The molecule has 7 nitrogen and oxygen atoms in total. The van der Waals surface area contributed by atoms with Gasteiger partial charge in [-0.05, 0) is 17.7 Å². The van der Waals surface area contributed by atoms with Crippen molar-refractivity contribution in [2.45, 2.75) is 12.6 Å². The van der Waals surface area contributed by atoms with Crippen LogP contribution in [0.4, 0.5) is 5.82 Å². The lowest BCUT2D eigenvalue weighted by Crippen LogP contribution is -2.59. The molecule has 2 aliphatic rings. The van der Waals surface area contributed by atoms with Crippen LogP contribution in [0.5, 0.6) is 0 Å². The average Bonchev–Trinajstić information content (AvgIpc) is 2.76. The van der Waals surface area contributed by atoms with E-state index in [1.165, 1.54) is 0 Å². The molecule has 2 fully saturated rings. The molecule has 2 aromatic rings. The number of anilines is 1. The van der Waals surface area contributed by atoms with Gasteiger partial charge >= 0.3 is 0 Å². The Balaban J connectivity index is 1.42. The van der Waals surface area contributed by atoms with Crippen molar-refractivity contribution in [3.05, 3.63) is 60.3 Å².